The molecule has 0 saturated carbocycles. The van der Waals surface area contributed by atoms with E-state index in [0.29, 0.717) is 18.7 Å². The predicted molar refractivity (Wildman–Crippen MR) is 71.1 cm³/mol. The minimum atomic E-state index is -2.85. The van der Waals surface area contributed by atoms with E-state index in [-0.39, 0.29) is 5.75 Å². The first-order valence-electron chi connectivity index (χ1n) is 5.79. The molecule has 1 aromatic rings. The summed E-state index contributed by atoms with van der Waals surface area (Å²) in [5.74, 6) is 0.533. The fraction of sp³-hybridized carbons (Fsp3) is 0.500. The highest BCUT2D eigenvalue weighted by atomic mass is 32.2. The van der Waals surface area contributed by atoms with Gasteiger partial charge in [0.15, 0.2) is 9.84 Å². The quantitative estimate of drug-likeness (QED) is 0.765. The fourth-order valence-electron chi connectivity index (χ4n) is 2.02. The Morgan fingerprint density at radius 1 is 1.24 bits per heavy atom. The van der Waals surface area contributed by atoms with Crippen molar-refractivity contribution in [3.63, 3.8) is 0 Å². The van der Waals surface area contributed by atoms with Crippen LogP contribution in [-0.4, -0.2) is 33.0 Å². The van der Waals surface area contributed by atoms with Gasteiger partial charge >= 0.3 is 0 Å². The molecular formula is C12H18N2O2S. The van der Waals surface area contributed by atoms with E-state index < -0.39 is 9.84 Å². The SMILES string of the molecule is Cc1ccc(N2CCCS(=O)(=O)CC2)cc1N. The van der Waals surface area contributed by atoms with Crippen molar-refractivity contribution in [1.29, 1.82) is 0 Å². The zero-order valence-corrected chi connectivity index (χ0v) is 10.8. The Balaban J connectivity index is 2.20. The number of aryl methyl sites for hydroxylation is 1. The zero-order valence-electron chi connectivity index (χ0n) is 10.0. The summed E-state index contributed by atoms with van der Waals surface area (Å²) in [6.45, 7) is 3.30. The third kappa shape index (κ3) is 2.91. The molecule has 2 rings (SSSR count). The molecule has 1 aliphatic rings. The summed E-state index contributed by atoms with van der Waals surface area (Å²) in [5, 5.41) is 0. The average Bonchev–Trinajstić information content (AvgIpc) is 2.44. The van der Waals surface area contributed by atoms with E-state index in [2.05, 4.69) is 4.90 Å². The highest BCUT2D eigenvalue weighted by Crippen LogP contribution is 2.22. The van der Waals surface area contributed by atoms with E-state index in [0.717, 1.165) is 23.5 Å². The molecule has 1 heterocycles. The first kappa shape index (κ1) is 12.2. The van der Waals surface area contributed by atoms with Crippen LogP contribution >= 0.6 is 0 Å². The van der Waals surface area contributed by atoms with Gasteiger partial charge in [0.25, 0.3) is 0 Å². The second-order valence-corrected chi connectivity index (χ2v) is 6.84. The summed E-state index contributed by atoms with van der Waals surface area (Å²) < 4.78 is 23.0. The highest BCUT2D eigenvalue weighted by Gasteiger charge is 2.19. The lowest BCUT2D eigenvalue weighted by Gasteiger charge is -2.22. The second kappa shape index (κ2) is 4.56. The van der Waals surface area contributed by atoms with Gasteiger partial charge in [0.2, 0.25) is 0 Å². The number of anilines is 2. The molecule has 0 amide bonds. The molecule has 2 N–H and O–H groups in total. The molecule has 1 aromatic carbocycles. The Hall–Kier alpha value is -1.23. The molecule has 0 radical (unpaired) electrons. The van der Waals surface area contributed by atoms with Crippen molar-refractivity contribution in [1.82, 2.24) is 0 Å². The average molecular weight is 254 g/mol. The number of benzene rings is 1. The Labute approximate surface area is 102 Å². The Bertz CT molecular complexity index is 511. The molecule has 1 saturated heterocycles. The molecule has 17 heavy (non-hydrogen) atoms. The summed E-state index contributed by atoms with van der Waals surface area (Å²) in [7, 11) is -2.85. The van der Waals surface area contributed by atoms with Gasteiger partial charge in [-0.3, -0.25) is 0 Å². The third-order valence-electron chi connectivity index (χ3n) is 3.18. The molecule has 0 spiro atoms. The molecule has 1 fully saturated rings. The summed E-state index contributed by atoms with van der Waals surface area (Å²) in [6, 6.07) is 5.90. The number of nitrogens with two attached hydrogens (primary N) is 1. The van der Waals surface area contributed by atoms with Gasteiger partial charge in [-0.1, -0.05) is 6.07 Å². The molecule has 0 unspecified atom stereocenters. The Morgan fingerprint density at radius 2 is 2.00 bits per heavy atom. The third-order valence-corrected chi connectivity index (χ3v) is 4.90. The molecule has 0 aliphatic carbocycles. The lowest BCUT2D eigenvalue weighted by Crippen LogP contribution is -2.26. The van der Waals surface area contributed by atoms with E-state index in [1.165, 1.54) is 0 Å². The first-order chi connectivity index (χ1) is 7.98. The van der Waals surface area contributed by atoms with Crippen LogP contribution in [0.3, 0.4) is 0 Å². The zero-order chi connectivity index (χ0) is 12.5. The van der Waals surface area contributed by atoms with Crippen LogP contribution < -0.4 is 10.6 Å². The number of hydrogen-bond donors (Lipinski definition) is 1. The van der Waals surface area contributed by atoms with Gasteiger partial charge in [-0.15, -0.1) is 0 Å². The van der Waals surface area contributed by atoms with Crippen molar-refractivity contribution in [3.05, 3.63) is 23.8 Å². The van der Waals surface area contributed by atoms with E-state index in [9.17, 15) is 8.42 Å². The molecule has 5 heteroatoms. The van der Waals surface area contributed by atoms with Crippen LogP contribution in [0.25, 0.3) is 0 Å². The molecule has 94 valence electrons. The van der Waals surface area contributed by atoms with Crippen LogP contribution in [0.15, 0.2) is 18.2 Å². The van der Waals surface area contributed by atoms with Crippen molar-refractivity contribution < 1.29 is 8.42 Å². The van der Waals surface area contributed by atoms with E-state index in [4.69, 9.17) is 5.73 Å². The van der Waals surface area contributed by atoms with E-state index in [1.54, 1.807) is 0 Å². The van der Waals surface area contributed by atoms with E-state index in [1.807, 2.05) is 25.1 Å². The smallest absolute Gasteiger partial charge is 0.152 e. The molecule has 4 nitrogen and oxygen atoms in total. The fourth-order valence-corrected chi connectivity index (χ4v) is 3.29. The van der Waals surface area contributed by atoms with Gasteiger partial charge in [0.05, 0.1) is 11.5 Å². The number of rotatable bonds is 1. The number of hydrogen-bond acceptors (Lipinski definition) is 4. The maximum absolute atomic E-state index is 11.5. The Morgan fingerprint density at radius 3 is 2.71 bits per heavy atom. The predicted octanol–water partition coefficient (Wildman–Crippen LogP) is 1.20. The van der Waals surface area contributed by atoms with E-state index >= 15 is 0 Å². The van der Waals surface area contributed by atoms with Crippen LogP contribution in [0.2, 0.25) is 0 Å². The van der Waals surface area contributed by atoms with Gasteiger partial charge in [0.1, 0.15) is 0 Å². The van der Waals surface area contributed by atoms with Crippen molar-refractivity contribution in [2.75, 3.05) is 35.2 Å². The number of sulfone groups is 1. The van der Waals surface area contributed by atoms with Crippen molar-refractivity contribution in [2.24, 2.45) is 0 Å². The number of nitrogens with zero attached hydrogens (tertiary/aromatic N) is 1. The molecule has 1 aliphatic heterocycles. The topological polar surface area (TPSA) is 63.4 Å². The van der Waals surface area contributed by atoms with Crippen LogP contribution in [-0.2, 0) is 9.84 Å². The molecule has 0 bridgehead atoms. The first-order valence-corrected chi connectivity index (χ1v) is 7.61. The summed E-state index contributed by atoms with van der Waals surface area (Å²) in [4.78, 5) is 2.10. The Kier molecular flexibility index (Phi) is 3.28. The minimum Gasteiger partial charge on any atom is -0.398 e. The summed E-state index contributed by atoms with van der Waals surface area (Å²) in [5.41, 5.74) is 8.70. The van der Waals surface area contributed by atoms with Gasteiger partial charge < -0.3 is 10.6 Å². The van der Waals surface area contributed by atoms with Crippen LogP contribution in [0.5, 0.6) is 0 Å². The van der Waals surface area contributed by atoms with Gasteiger partial charge in [-0.05, 0) is 31.0 Å². The maximum atomic E-state index is 11.5. The molecular weight excluding hydrogens is 236 g/mol. The van der Waals surface area contributed by atoms with Gasteiger partial charge in [-0.2, -0.15) is 0 Å². The lowest BCUT2D eigenvalue weighted by molar-refractivity contribution is 0.597. The number of nitrogen functional groups attached to an aromatic ring is 1. The van der Waals surface area contributed by atoms with Crippen molar-refractivity contribution >= 4 is 21.2 Å². The molecule has 0 atom stereocenters. The second-order valence-electron chi connectivity index (χ2n) is 4.53. The maximum Gasteiger partial charge on any atom is 0.152 e. The standard InChI is InChI=1S/C12H18N2O2S/c1-10-3-4-11(9-12(10)13)14-5-2-7-17(15,16)8-6-14/h3-4,9H,2,5-8,13H2,1H3. The lowest BCUT2D eigenvalue weighted by atomic mass is 10.1. The molecule has 0 aromatic heterocycles. The monoisotopic (exact) mass is 254 g/mol. The van der Waals surface area contributed by atoms with Gasteiger partial charge in [-0.25, -0.2) is 8.42 Å². The van der Waals surface area contributed by atoms with Crippen LogP contribution in [0, 0.1) is 6.92 Å². The van der Waals surface area contributed by atoms with Crippen molar-refractivity contribution in [2.45, 2.75) is 13.3 Å². The summed E-state index contributed by atoms with van der Waals surface area (Å²) >= 11 is 0. The minimum absolute atomic E-state index is 0.237. The highest BCUT2D eigenvalue weighted by molar-refractivity contribution is 7.91. The largest absolute Gasteiger partial charge is 0.398 e. The van der Waals surface area contributed by atoms with Crippen LogP contribution in [0.1, 0.15) is 12.0 Å². The van der Waals surface area contributed by atoms with Gasteiger partial charge in [0, 0.05) is 24.5 Å². The normalized spacial score (nSPS) is 19.9. The summed E-state index contributed by atoms with van der Waals surface area (Å²) in [6.07, 6.45) is 0.691. The van der Waals surface area contributed by atoms with Crippen LogP contribution in [0.4, 0.5) is 11.4 Å². The van der Waals surface area contributed by atoms with Crippen molar-refractivity contribution in [3.8, 4) is 0 Å².